The van der Waals surface area contributed by atoms with E-state index in [4.69, 9.17) is 18.9 Å². The van der Waals surface area contributed by atoms with Crippen LogP contribution in [-0.4, -0.2) is 46.1 Å². The number of hydrogen-bond donors (Lipinski definition) is 1. The van der Waals surface area contributed by atoms with E-state index in [9.17, 15) is 14.3 Å². The maximum atomic E-state index is 13.6. The Bertz CT molecular complexity index is 862. The molecule has 0 aromatic heterocycles. The molecule has 0 spiro atoms. The Morgan fingerprint density at radius 1 is 0.964 bits per heavy atom. The highest BCUT2D eigenvalue weighted by atomic mass is 19.1. The number of rotatable bonds is 7. The number of β-lactam (4-membered cyclic amide) rings is 1. The molecule has 150 valence electrons. The lowest BCUT2D eigenvalue weighted by molar-refractivity contribution is -0.131. The molecule has 2 aromatic rings. The Morgan fingerprint density at radius 3 is 2.04 bits per heavy atom. The Labute approximate surface area is 162 Å². The first-order valence-electron chi connectivity index (χ1n) is 8.56. The van der Waals surface area contributed by atoms with Gasteiger partial charge in [-0.3, -0.25) is 9.18 Å². The van der Waals surface area contributed by atoms with Crippen LogP contribution in [0.3, 0.4) is 0 Å². The number of carbonyl (C=O) groups is 1. The Kier molecular flexibility index (Phi) is 5.48. The molecular weight excluding hydrogens is 369 g/mol. The summed E-state index contributed by atoms with van der Waals surface area (Å²) in [6.45, 7) is -0.808. The van der Waals surface area contributed by atoms with E-state index in [-0.39, 0.29) is 11.7 Å². The van der Waals surface area contributed by atoms with Crippen LogP contribution in [0.25, 0.3) is 0 Å². The van der Waals surface area contributed by atoms with Gasteiger partial charge in [-0.05, 0) is 17.7 Å². The van der Waals surface area contributed by atoms with Crippen molar-refractivity contribution in [3.8, 4) is 28.7 Å². The highest BCUT2D eigenvalue weighted by Crippen LogP contribution is 2.49. The molecule has 0 unspecified atom stereocenters. The minimum atomic E-state index is -0.841. The molecule has 0 saturated carbocycles. The van der Waals surface area contributed by atoms with E-state index in [0.29, 0.717) is 34.2 Å². The van der Waals surface area contributed by atoms with Gasteiger partial charge in [0.1, 0.15) is 6.67 Å². The maximum Gasteiger partial charge on any atom is 0.235 e. The lowest BCUT2D eigenvalue weighted by atomic mass is 9.82. The summed E-state index contributed by atoms with van der Waals surface area (Å²) in [5, 5.41) is 10.1. The summed E-state index contributed by atoms with van der Waals surface area (Å²) in [6, 6.07) is 7.43. The number of carbonyl (C=O) groups excluding carboxylic acids is 1. The number of hydrogen-bond acceptors (Lipinski definition) is 6. The van der Waals surface area contributed by atoms with E-state index >= 15 is 0 Å². The number of phenolic OH excluding ortho intramolecular Hbond substituents is 1. The molecule has 1 fully saturated rings. The van der Waals surface area contributed by atoms with E-state index in [1.807, 2.05) is 0 Å². The molecule has 2 atom stereocenters. The first kappa shape index (κ1) is 19.6. The molecule has 1 amide bonds. The van der Waals surface area contributed by atoms with Crippen molar-refractivity contribution in [2.24, 2.45) is 5.92 Å². The van der Waals surface area contributed by atoms with Crippen LogP contribution in [0.2, 0.25) is 0 Å². The normalized spacial score (nSPS) is 18.5. The maximum absolute atomic E-state index is 13.6. The van der Waals surface area contributed by atoms with Crippen LogP contribution in [-0.2, 0) is 4.79 Å². The van der Waals surface area contributed by atoms with Gasteiger partial charge in [-0.15, -0.1) is 0 Å². The van der Waals surface area contributed by atoms with Gasteiger partial charge in [0, 0.05) is 12.1 Å². The second-order valence-corrected chi connectivity index (χ2v) is 6.23. The fraction of sp³-hybridized carbons (Fsp3) is 0.350. The predicted octanol–water partition coefficient (Wildman–Crippen LogP) is 3.10. The van der Waals surface area contributed by atoms with Crippen molar-refractivity contribution in [3.63, 3.8) is 0 Å². The summed E-state index contributed by atoms with van der Waals surface area (Å²) in [6.07, 6.45) is 0. The van der Waals surface area contributed by atoms with Crippen LogP contribution in [0.1, 0.15) is 11.6 Å². The van der Waals surface area contributed by atoms with E-state index in [0.717, 1.165) is 0 Å². The Morgan fingerprint density at radius 2 is 1.57 bits per heavy atom. The molecule has 8 heteroatoms. The zero-order valence-electron chi connectivity index (χ0n) is 16.1. The van der Waals surface area contributed by atoms with Crippen molar-refractivity contribution in [1.82, 2.24) is 0 Å². The number of ether oxygens (including phenoxy) is 4. The number of amides is 1. The van der Waals surface area contributed by atoms with Gasteiger partial charge >= 0.3 is 0 Å². The fourth-order valence-corrected chi connectivity index (χ4v) is 3.47. The summed E-state index contributed by atoms with van der Waals surface area (Å²) < 4.78 is 34.6. The highest BCUT2D eigenvalue weighted by molar-refractivity contribution is 6.03. The lowest BCUT2D eigenvalue weighted by Gasteiger charge is -2.46. The number of anilines is 1. The molecule has 0 radical (unpaired) electrons. The number of phenols is 1. The first-order valence-corrected chi connectivity index (χ1v) is 8.56. The van der Waals surface area contributed by atoms with Gasteiger partial charge in [-0.25, -0.2) is 0 Å². The van der Waals surface area contributed by atoms with Gasteiger partial charge in [0.15, 0.2) is 23.0 Å². The topological polar surface area (TPSA) is 77.5 Å². The highest BCUT2D eigenvalue weighted by Gasteiger charge is 2.49. The summed E-state index contributed by atoms with van der Waals surface area (Å²) in [5.74, 6) is 0.160. The van der Waals surface area contributed by atoms with Crippen molar-refractivity contribution >= 4 is 11.6 Å². The van der Waals surface area contributed by atoms with E-state index in [2.05, 4.69) is 0 Å². The minimum Gasteiger partial charge on any atom is -0.504 e. The molecule has 0 bridgehead atoms. The van der Waals surface area contributed by atoms with Crippen LogP contribution in [0.4, 0.5) is 10.1 Å². The average Bonchev–Trinajstić information content (AvgIpc) is 2.71. The molecule has 0 aliphatic carbocycles. The SMILES string of the molecule is COc1ccc([C@H]2[C@@H](CF)C(=O)N2c2cc(OC)c(OC)c(OC)c2)cc1O. The first-order chi connectivity index (χ1) is 13.5. The molecular formula is C20H22FNO6. The van der Waals surface area contributed by atoms with Crippen molar-refractivity contribution < 1.29 is 33.2 Å². The predicted molar refractivity (Wildman–Crippen MR) is 100 cm³/mol. The lowest BCUT2D eigenvalue weighted by Crippen LogP contribution is -2.56. The molecule has 7 nitrogen and oxygen atoms in total. The molecule has 1 aliphatic heterocycles. The number of nitrogens with zero attached hydrogens (tertiary/aromatic N) is 1. The van der Waals surface area contributed by atoms with Crippen molar-refractivity contribution in [2.45, 2.75) is 6.04 Å². The van der Waals surface area contributed by atoms with Crippen LogP contribution in [0.15, 0.2) is 30.3 Å². The smallest absolute Gasteiger partial charge is 0.235 e. The summed E-state index contributed by atoms with van der Waals surface area (Å²) in [5.41, 5.74) is 1.07. The third kappa shape index (κ3) is 3.04. The Hall–Kier alpha value is -3.16. The minimum absolute atomic E-state index is 0.0817. The molecule has 3 rings (SSSR count). The standard InChI is InChI=1S/C20H22FNO6/c1-25-15-6-5-11(7-14(15)23)18-13(10-21)20(24)22(18)12-8-16(26-2)19(28-4)17(9-12)27-3/h5-9,13,18,23H,10H2,1-4H3/t13-,18+/m1/s1. The number of alkyl halides is 1. The van der Waals surface area contributed by atoms with Gasteiger partial charge < -0.3 is 29.0 Å². The fourth-order valence-electron chi connectivity index (χ4n) is 3.47. The number of halogens is 1. The van der Waals surface area contributed by atoms with Crippen LogP contribution in [0.5, 0.6) is 28.7 Å². The van der Waals surface area contributed by atoms with Crippen molar-refractivity contribution in [3.05, 3.63) is 35.9 Å². The third-order valence-corrected chi connectivity index (χ3v) is 4.85. The second-order valence-electron chi connectivity index (χ2n) is 6.23. The number of aromatic hydroxyl groups is 1. The van der Waals surface area contributed by atoms with Crippen LogP contribution < -0.4 is 23.8 Å². The second kappa shape index (κ2) is 7.84. The molecule has 1 N–H and O–H groups in total. The summed E-state index contributed by atoms with van der Waals surface area (Å²) in [7, 11) is 5.87. The molecule has 28 heavy (non-hydrogen) atoms. The van der Waals surface area contributed by atoms with E-state index in [1.54, 1.807) is 24.3 Å². The number of methoxy groups -OCH3 is 4. The van der Waals surface area contributed by atoms with Crippen molar-refractivity contribution in [1.29, 1.82) is 0 Å². The van der Waals surface area contributed by atoms with Gasteiger partial charge in [0.25, 0.3) is 0 Å². The van der Waals surface area contributed by atoms with Gasteiger partial charge in [0.2, 0.25) is 11.7 Å². The Balaban J connectivity index is 2.07. The molecule has 1 heterocycles. The quantitative estimate of drug-likeness (QED) is 0.731. The zero-order valence-corrected chi connectivity index (χ0v) is 16.1. The number of benzene rings is 2. The average molecular weight is 391 g/mol. The van der Waals surface area contributed by atoms with Gasteiger partial charge in [-0.2, -0.15) is 0 Å². The summed E-state index contributed by atoms with van der Waals surface area (Å²) in [4.78, 5) is 14.1. The van der Waals surface area contributed by atoms with E-state index < -0.39 is 18.6 Å². The van der Waals surface area contributed by atoms with Gasteiger partial charge in [-0.1, -0.05) is 6.07 Å². The van der Waals surface area contributed by atoms with Crippen molar-refractivity contribution in [2.75, 3.05) is 40.0 Å². The molecule has 1 saturated heterocycles. The van der Waals surface area contributed by atoms with Crippen LogP contribution >= 0.6 is 0 Å². The van der Waals surface area contributed by atoms with E-state index in [1.165, 1.54) is 39.4 Å². The zero-order chi connectivity index (χ0) is 20.4. The molecule has 1 aliphatic rings. The largest absolute Gasteiger partial charge is 0.504 e. The monoisotopic (exact) mass is 391 g/mol. The van der Waals surface area contributed by atoms with Gasteiger partial charge in [0.05, 0.1) is 46.1 Å². The van der Waals surface area contributed by atoms with Crippen LogP contribution in [0, 0.1) is 5.92 Å². The summed E-state index contributed by atoms with van der Waals surface area (Å²) >= 11 is 0. The molecule has 2 aromatic carbocycles. The third-order valence-electron chi connectivity index (χ3n) is 4.85.